The summed E-state index contributed by atoms with van der Waals surface area (Å²) in [5, 5.41) is 0. The molecule has 1 atom stereocenters. The van der Waals surface area contributed by atoms with Crippen LogP contribution in [0.5, 0.6) is 0 Å². The van der Waals surface area contributed by atoms with Gasteiger partial charge in [-0.15, -0.1) is 0 Å². The van der Waals surface area contributed by atoms with Gasteiger partial charge in [-0.25, -0.2) is 0 Å². The van der Waals surface area contributed by atoms with Gasteiger partial charge < -0.3 is 14.5 Å². The molecule has 1 saturated heterocycles. The van der Waals surface area contributed by atoms with Crippen LogP contribution in [0.3, 0.4) is 0 Å². The second kappa shape index (κ2) is 7.49. The van der Waals surface area contributed by atoms with Crippen molar-refractivity contribution in [3.63, 3.8) is 0 Å². The lowest BCUT2D eigenvalue weighted by Crippen LogP contribution is -2.50. The number of amides is 1. The molecule has 1 fully saturated rings. The van der Waals surface area contributed by atoms with E-state index in [0.717, 1.165) is 31.7 Å². The number of hydrogen-bond acceptors (Lipinski definition) is 3. The van der Waals surface area contributed by atoms with Crippen molar-refractivity contribution in [1.82, 2.24) is 4.90 Å². The zero-order chi connectivity index (χ0) is 16.9. The number of piperazine rings is 1. The largest absolute Gasteiger partial charge is 0.368 e. The molecule has 0 spiro atoms. The van der Waals surface area contributed by atoms with Gasteiger partial charge in [0.15, 0.2) is 6.10 Å². The molecule has 1 heterocycles. The third kappa shape index (κ3) is 3.44. The molecular weight excluding hydrogens is 300 g/mol. The second-order valence-corrected chi connectivity index (χ2v) is 6.13. The maximum absolute atomic E-state index is 12.8. The summed E-state index contributed by atoms with van der Waals surface area (Å²) in [5.74, 6) is 0.0492. The van der Waals surface area contributed by atoms with E-state index in [1.165, 1.54) is 11.3 Å². The highest BCUT2D eigenvalue weighted by molar-refractivity contribution is 5.82. The van der Waals surface area contributed by atoms with Crippen molar-refractivity contribution >= 4 is 11.6 Å². The number of benzene rings is 2. The first-order valence-electron chi connectivity index (χ1n) is 8.38. The lowest BCUT2D eigenvalue weighted by molar-refractivity contribution is -0.142. The maximum atomic E-state index is 12.8. The molecule has 1 aliphatic rings. The minimum Gasteiger partial charge on any atom is -0.368 e. The summed E-state index contributed by atoms with van der Waals surface area (Å²) in [6.07, 6.45) is -0.517. The van der Waals surface area contributed by atoms with E-state index >= 15 is 0 Å². The van der Waals surface area contributed by atoms with Crippen LogP contribution in [0.2, 0.25) is 0 Å². The molecule has 0 aliphatic carbocycles. The number of hydrogen-bond donors (Lipinski definition) is 0. The molecule has 0 radical (unpaired) electrons. The summed E-state index contributed by atoms with van der Waals surface area (Å²) in [6.45, 7) is 5.27. The number of anilines is 1. The van der Waals surface area contributed by atoms with E-state index in [4.69, 9.17) is 4.74 Å². The number of carbonyl (C=O) groups excluding carboxylic acids is 1. The Kier molecular flexibility index (Phi) is 5.16. The van der Waals surface area contributed by atoms with E-state index in [0.29, 0.717) is 0 Å². The summed E-state index contributed by atoms with van der Waals surface area (Å²) in [4.78, 5) is 17.1. The Morgan fingerprint density at radius 1 is 0.958 bits per heavy atom. The van der Waals surface area contributed by atoms with Gasteiger partial charge in [-0.2, -0.15) is 0 Å². The number of methoxy groups -OCH3 is 1. The molecule has 2 aromatic carbocycles. The van der Waals surface area contributed by atoms with Gasteiger partial charge in [0.1, 0.15) is 0 Å². The molecule has 126 valence electrons. The fourth-order valence-electron chi connectivity index (χ4n) is 3.26. The van der Waals surface area contributed by atoms with Gasteiger partial charge in [-0.05, 0) is 24.1 Å². The van der Waals surface area contributed by atoms with Gasteiger partial charge in [0, 0.05) is 39.0 Å². The predicted molar refractivity (Wildman–Crippen MR) is 96.2 cm³/mol. The lowest BCUT2D eigenvalue weighted by Gasteiger charge is -2.38. The summed E-state index contributed by atoms with van der Waals surface area (Å²) in [6, 6.07) is 18.1. The molecule has 0 saturated carbocycles. The molecule has 4 heteroatoms. The van der Waals surface area contributed by atoms with Crippen molar-refractivity contribution in [1.29, 1.82) is 0 Å². The van der Waals surface area contributed by atoms with Gasteiger partial charge in [0.25, 0.3) is 5.91 Å². The SMILES string of the molecule is COC(C(=O)N1CCN(c2ccccc2C)CC1)c1ccccc1. The van der Waals surface area contributed by atoms with E-state index in [2.05, 4.69) is 36.1 Å². The summed E-state index contributed by atoms with van der Waals surface area (Å²) in [7, 11) is 1.60. The molecule has 4 nitrogen and oxygen atoms in total. The lowest BCUT2D eigenvalue weighted by atomic mass is 10.1. The molecule has 24 heavy (non-hydrogen) atoms. The number of rotatable bonds is 4. The van der Waals surface area contributed by atoms with Crippen LogP contribution in [-0.2, 0) is 9.53 Å². The monoisotopic (exact) mass is 324 g/mol. The Balaban J connectivity index is 1.66. The third-order valence-corrected chi connectivity index (χ3v) is 4.61. The van der Waals surface area contributed by atoms with Gasteiger partial charge in [-0.1, -0.05) is 48.5 Å². The average Bonchev–Trinajstić information content (AvgIpc) is 2.64. The van der Waals surface area contributed by atoms with Crippen LogP contribution in [0, 0.1) is 6.92 Å². The smallest absolute Gasteiger partial charge is 0.256 e. The summed E-state index contributed by atoms with van der Waals surface area (Å²) < 4.78 is 5.48. The highest BCUT2D eigenvalue weighted by Gasteiger charge is 2.28. The normalized spacial score (nSPS) is 16.1. The molecule has 1 aliphatic heterocycles. The van der Waals surface area contributed by atoms with Crippen molar-refractivity contribution in [2.45, 2.75) is 13.0 Å². The first kappa shape index (κ1) is 16.5. The van der Waals surface area contributed by atoms with E-state index < -0.39 is 6.10 Å². The fourth-order valence-corrected chi connectivity index (χ4v) is 3.26. The molecule has 0 aromatic heterocycles. The van der Waals surface area contributed by atoms with Crippen molar-refractivity contribution in [3.05, 3.63) is 65.7 Å². The number of carbonyl (C=O) groups is 1. The van der Waals surface area contributed by atoms with E-state index in [1.54, 1.807) is 7.11 Å². The first-order chi connectivity index (χ1) is 11.7. The highest BCUT2D eigenvalue weighted by Crippen LogP contribution is 2.23. The topological polar surface area (TPSA) is 32.8 Å². The Bertz CT molecular complexity index is 679. The average molecular weight is 324 g/mol. The molecule has 1 unspecified atom stereocenters. The molecular formula is C20H24N2O2. The molecule has 1 amide bonds. The second-order valence-electron chi connectivity index (χ2n) is 6.13. The standard InChI is InChI=1S/C20H24N2O2/c1-16-8-6-7-11-18(16)21-12-14-22(15-13-21)20(23)19(24-2)17-9-4-3-5-10-17/h3-11,19H,12-15H2,1-2H3. The van der Waals surface area contributed by atoms with Gasteiger partial charge in [0.05, 0.1) is 0 Å². The number of nitrogens with zero attached hydrogens (tertiary/aromatic N) is 2. The first-order valence-corrected chi connectivity index (χ1v) is 8.38. The van der Waals surface area contributed by atoms with Crippen LogP contribution in [0.25, 0.3) is 0 Å². The Labute approximate surface area is 143 Å². The predicted octanol–water partition coefficient (Wildman–Crippen LogP) is 3.03. The van der Waals surface area contributed by atoms with Crippen molar-refractivity contribution in [2.24, 2.45) is 0 Å². The van der Waals surface area contributed by atoms with Crippen molar-refractivity contribution in [2.75, 3.05) is 38.2 Å². The third-order valence-electron chi connectivity index (χ3n) is 4.61. The van der Waals surface area contributed by atoms with Crippen LogP contribution >= 0.6 is 0 Å². The number of para-hydroxylation sites is 1. The zero-order valence-electron chi connectivity index (χ0n) is 14.3. The van der Waals surface area contributed by atoms with Gasteiger partial charge in [-0.3, -0.25) is 4.79 Å². The number of ether oxygens (including phenoxy) is 1. The van der Waals surface area contributed by atoms with Gasteiger partial charge in [0.2, 0.25) is 0 Å². The van der Waals surface area contributed by atoms with Crippen LogP contribution < -0.4 is 4.90 Å². The zero-order valence-corrected chi connectivity index (χ0v) is 14.3. The fraction of sp³-hybridized carbons (Fsp3) is 0.350. The minimum atomic E-state index is -0.517. The van der Waals surface area contributed by atoms with Crippen LogP contribution in [0.15, 0.2) is 54.6 Å². The van der Waals surface area contributed by atoms with E-state index in [-0.39, 0.29) is 5.91 Å². The molecule has 2 aromatic rings. The summed E-state index contributed by atoms with van der Waals surface area (Å²) in [5.41, 5.74) is 3.44. The Morgan fingerprint density at radius 3 is 2.21 bits per heavy atom. The number of aryl methyl sites for hydroxylation is 1. The van der Waals surface area contributed by atoms with Crippen LogP contribution in [0.1, 0.15) is 17.2 Å². The van der Waals surface area contributed by atoms with Crippen molar-refractivity contribution < 1.29 is 9.53 Å². The Morgan fingerprint density at radius 2 is 1.58 bits per heavy atom. The molecule has 0 bridgehead atoms. The maximum Gasteiger partial charge on any atom is 0.256 e. The highest BCUT2D eigenvalue weighted by atomic mass is 16.5. The van der Waals surface area contributed by atoms with E-state index in [9.17, 15) is 4.79 Å². The van der Waals surface area contributed by atoms with Crippen LogP contribution in [0.4, 0.5) is 5.69 Å². The Hall–Kier alpha value is -2.33. The minimum absolute atomic E-state index is 0.0492. The van der Waals surface area contributed by atoms with Crippen molar-refractivity contribution in [3.8, 4) is 0 Å². The van der Waals surface area contributed by atoms with Crippen LogP contribution in [-0.4, -0.2) is 44.1 Å². The molecule has 0 N–H and O–H groups in total. The quantitative estimate of drug-likeness (QED) is 0.867. The molecule has 3 rings (SSSR count). The van der Waals surface area contributed by atoms with E-state index in [1.807, 2.05) is 35.2 Å². The van der Waals surface area contributed by atoms with Gasteiger partial charge >= 0.3 is 0 Å². The summed E-state index contributed by atoms with van der Waals surface area (Å²) >= 11 is 0.